The van der Waals surface area contributed by atoms with Gasteiger partial charge in [0.1, 0.15) is 5.75 Å². The third-order valence-corrected chi connectivity index (χ3v) is 2.61. The van der Waals surface area contributed by atoms with Crippen molar-refractivity contribution in [2.75, 3.05) is 13.6 Å². The molecule has 0 fully saturated rings. The van der Waals surface area contributed by atoms with Crippen LogP contribution in [0.2, 0.25) is 0 Å². The third kappa shape index (κ3) is 1.80. The minimum atomic E-state index is 0.370. The highest BCUT2D eigenvalue weighted by Gasteiger charge is 2.09. The summed E-state index contributed by atoms with van der Waals surface area (Å²) < 4.78 is 0. The van der Waals surface area contributed by atoms with E-state index in [-0.39, 0.29) is 0 Å². The first kappa shape index (κ1) is 9.28. The van der Waals surface area contributed by atoms with Gasteiger partial charge in [-0.25, -0.2) is 0 Å². The van der Waals surface area contributed by atoms with Crippen molar-refractivity contribution >= 4 is 6.08 Å². The molecule has 0 saturated heterocycles. The van der Waals surface area contributed by atoms with E-state index in [4.69, 9.17) is 0 Å². The summed E-state index contributed by atoms with van der Waals surface area (Å²) >= 11 is 0. The van der Waals surface area contributed by atoms with Gasteiger partial charge in [-0.1, -0.05) is 17.7 Å². The molecule has 0 unspecified atom stereocenters. The van der Waals surface area contributed by atoms with Gasteiger partial charge in [0.05, 0.1) is 0 Å². The monoisotopic (exact) mass is 189 g/mol. The lowest BCUT2D eigenvalue weighted by atomic mass is 9.92. The second-order valence-electron chi connectivity index (χ2n) is 3.72. The summed E-state index contributed by atoms with van der Waals surface area (Å²) in [6.45, 7) is 0.959. The number of fused-ring (bicyclic) bond motifs is 1. The Kier molecular flexibility index (Phi) is 2.55. The largest absolute Gasteiger partial charge is 0.508 e. The Balaban J connectivity index is 2.30. The molecule has 14 heavy (non-hydrogen) atoms. The van der Waals surface area contributed by atoms with Gasteiger partial charge in [-0.2, -0.15) is 0 Å². The fraction of sp³-hybridized carbons (Fsp3) is 0.333. The van der Waals surface area contributed by atoms with Crippen molar-refractivity contribution in [2.24, 2.45) is 0 Å². The summed E-state index contributed by atoms with van der Waals surface area (Å²) in [5.41, 5.74) is 3.94. The van der Waals surface area contributed by atoms with E-state index in [1.165, 1.54) is 16.7 Å². The Morgan fingerprint density at radius 3 is 3.00 bits per heavy atom. The zero-order chi connectivity index (χ0) is 9.97. The number of rotatable bonds is 2. The number of phenols is 1. The molecule has 0 atom stereocenters. The van der Waals surface area contributed by atoms with Crippen molar-refractivity contribution in [1.82, 2.24) is 5.32 Å². The van der Waals surface area contributed by atoms with Gasteiger partial charge in [-0.05, 0) is 43.1 Å². The predicted molar refractivity (Wildman–Crippen MR) is 58.3 cm³/mol. The highest BCUT2D eigenvalue weighted by atomic mass is 16.3. The molecule has 0 bridgehead atoms. The fourth-order valence-corrected chi connectivity index (χ4v) is 1.90. The normalized spacial score (nSPS) is 14.8. The lowest BCUT2D eigenvalue weighted by Gasteiger charge is -2.16. The summed E-state index contributed by atoms with van der Waals surface area (Å²) in [6.07, 6.45) is 4.35. The van der Waals surface area contributed by atoms with Crippen LogP contribution < -0.4 is 5.32 Å². The van der Waals surface area contributed by atoms with Crippen molar-refractivity contribution < 1.29 is 5.11 Å². The van der Waals surface area contributed by atoms with Crippen molar-refractivity contribution in [2.45, 2.75) is 12.8 Å². The Labute approximate surface area is 84.3 Å². The minimum absolute atomic E-state index is 0.370. The first-order chi connectivity index (χ1) is 6.79. The molecule has 74 valence electrons. The van der Waals surface area contributed by atoms with Crippen molar-refractivity contribution in [3.8, 4) is 5.75 Å². The third-order valence-electron chi connectivity index (χ3n) is 2.61. The van der Waals surface area contributed by atoms with Crippen molar-refractivity contribution in [1.29, 1.82) is 0 Å². The average Bonchev–Trinajstić information content (AvgIpc) is 2.19. The molecule has 0 saturated carbocycles. The van der Waals surface area contributed by atoms with E-state index in [1.54, 1.807) is 6.07 Å². The van der Waals surface area contributed by atoms with E-state index in [0.717, 1.165) is 19.4 Å². The summed E-state index contributed by atoms with van der Waals surface area (Å²) in [5.74, 6) is 0.370. The molecular formula is C12H15NO. The number of nitrogens with one attached hydrogen (secondary N) is 1. The van der Waals surface area contributed by atoms with Crippen LogP contribution in [0.15, 0.2) is 23.8 Å². The predicted octanol–water partition coefficient (Wildman–Crippen LogP) is 1.94. The number of phenolic OH excluding ortho intramolecular Hbond substituents is 1. The molecule has 1 aliphatic carbocycles. The summed E-state index contributed by atoms with van der Waals surface area (Å²) in [7, 11) is 1.97. The minimum Gasteiger partial charge on any atom is -0.508 e. The maximum atomic E-state index is 9.32. The Bertz CT molecular complexity index is 369. The molecule has 0 spiro atoms. The number of likely N-dealkylation sites (N-methyl/N-ethyl adjacent to an activating group) is 1. The molecule has 0 radical (unpaired) electrons. The van der Waals surface area contributed by atoms with E-state index in [2.05, 4.69) is 11.4 Å². The van der Waals surface area contributed by atoms with Crippen LogP contribution in [0.1, 0.15) is 17.5 Å². The second kappa shape index (κ2) is 3.84. The van der Waals surface area contributed by atoms with Gasteiger partial charge in [0.25, 0.3) is 0 Å². The smallest absolute Gasteiger partial charge is 0.115 e. The molecule has 1 aromatic carbocycles. The molecule has 0 heterocycles. The van der Waals surface area contributed by atoms with Gasteiger partial charge in [0.15, 0.2) is 0 Å². The topological polar surface area (TPSA) is 32.3 Å². The number of hydrogen-bond donors (Lipinski definition) is 2. The highest BCUT2D eigenvalue weighted by Crippen LogP contribution is 2.26. The van der Waals surface area contributed by atoms with Gasteiger partial charge in [-0.15, -0.1) is 0 Å². The summed E-state index contributed by atoms with van der Waals surface area (Å²) in [6, 6.07) is 5.60. The maximum absolute atomic E-state index is 9.32. The zero-order valence-corrected chi connectivity index (χ0v) is 8.38. The van der Waals surface area contributed by atoms with E-state index >= 15 is 0 Å². The first-order valence-electron chi connectivity index (χ1n) is 4.95. The van der Waals surface area contributed by atoms with Crippen LogP contribution in [0.3, 0.4) is 0 Å². The van der Waals surface area contributed by atoms with Gasteiger partial charge in [0, 0.05) is 6.54 Å². The van der Waals surface area contributed by atoms with E-state index in [1.807, 2.05) is 19.2 Å². The lowest BCUT2D eigenvalue weighted by molar-refractivity contribution is 0.474. The molecule has 1 aliphatic rings. The molecule has 0 aromatic heterocycles. The van der Waals surface area contributed by atoms with Gasteiger partial charge in [-0.3, -0.25) is 0 Å². The van der Waals surface area contributed by atoms with E-state index < -0.39 is 0 Å². The quantitative estimate of drug-likeness (QED) is 0.745. The van der Waals surface area contributed by atoms with Crippen LogP contribution in [0.4, 0.5) is 0 Å². The Hall–Kier alpha value is -1.28. The van der Waals surface area contributed by atoms with Crippen LogP contribution in [-0.4, -0.2) is 18.7 Å². The summed E-state index contributed by atoms with van der Waals surface area (Å²) in [5, 5.41) is 12.5. The molecule has 0 amide bonds. The highest BCUT2D eigenvalue weighted by molar-refractivity contribution is 5.61. The number of hydrogen-bond acceptors (Lipinski definition) is 2. The first-order valence-corrected chi connectivity index (χ1v) is 4.95. The van der Waals surface area contributed by atoms with Crippen molar-refractivity contribution in [3.63, 3.8) is 0 Å². The van der Waals surface area contributed by atoms with Gasteiger partial charge < -0.3 is 10.4 Å². The van der Waals surface area contributed by atoms with Crippen LogP contribution >= 0.6 is 0 Å². The standard InChI is InChI=1S/C12H15NO/c1-13-8-9-2-3-11-7-12(14)5-4-10(11)6-9/h4-7,13-14H,2-3,8H2,1H3. The fourth-order valence-electron chi connectivity index (χ4n) is 1.90. The number of aryl methyl sites for hydroxylation is 1. The molecule has 2 rings (SSSR count). The average molecular weight is 189 g/mol. The van der Waals surface area contributed by atoms with Crippen LogP contribution in [0.5, 0.6) is 5.75 Å². The SMILES string of the molecule is CNCC1=Cc2ccc(O)cc2CC1. The van der Waals surface area contributed by atoms with Crippen LogP contribution in [-0.2, 0) is 6.42 Å². The summed E-state index contributed by atoms with van der Waals surface area (Å²) in [4.78, 5) is 0. The number of aromatic hydroxyl groups is 1. The second-order valence-corrected chi connectivity index (χ2v) is 3.72. The van der Waals surface area contributed by atoms with Crippen LogP contribution in [0, 0.1) is 0 Å². The van der Waals surface area contributed by atoms with Gasteiger partial charge in [0.2, 0.25) is 0 Å². The molecule has 2 N–H and O–H groups in total. The lowest BCUT2D eigenvalue weighted by Crippen LogP contribution is -2.13. The zero-order valence-electron chi connectivity index (χ0n) is 8.38. The maximum Gasteiger partial charge on any atom is 0.115 e. The van der Waals surface area contributed by atoms with E-state index in [9.17, 15) is 5.11 Å². The van der Waals surface area contributed by atoms with Gasteiger partial charge >= 0.3 is 0 Å². The van der Waals surface area contributed by atoms with Crippen molar-refractivity contribution in [3.05, 3.63) is 34.9 Å². The Morgan fingerprint density at radius 1 is 1.36 bits per heavy atom. The molecular weight excluding hydrogens is 174 g/mol. The van der Waals surface area contributed by atoms with Crippen LogP contribution in [0.25, 0.3) is 6.08 Å². The molecule has 2 nitrogen and oxygen atoms in total. The Morgan fingerprint density at radius 2 is 2.21 bits per heavy atom. The molecule has 1 aromatic rings. The molecule has 2 heteroatoms. The van der Waals surface area contributed by atoms with E-state index in [0.29, 0.717) is 5.75 Å². The number of benzene rings is 1. The molecule has 0 aliphatic heterocycles.